The van der Waals surface area contributed by atoms with Gasteiger partial charge in [0.25, 0.3) is 5.91 Å². The molecule has 0 saturated carbocycles. The third-order valence-corrected chi connectivity index (χ3v) is 3.54. The lowest BCUT2D eigenvalue weighted by molar-refractivity contribution is -0.127. The lowest BCUT2D eigenvalue weighted by Gasteiger charge is -2.24. The van der Waals surface area contributed by atoms with Crippen molar-refractivity contribution in [2.45, 2.75) is 24.4 Å². The number of hydrogen-bond acceptors (Lipinski definition) is 6. The van der Waals surface area contributed by atoms with Crippen molar-refractivity contribution in [3.63, 3.8) is 0 Å². The average Bonchev–Trinajstić information content (AvgIpc) is 2.79. The van der Waals surface area contributed by atoms with Crippen LogP contribution in [0.15, 0.2) is 24.3 Å². The van der Waals surface area contributed by atoms with Gasteiger partial charge in [0.05, 0.1) is 12.3 Å². The quantitative estimate of drug-likeness (QED) is 0.433. The fourth-order valence-corrected chi connectivity index (χ4v) is 2.31. The van der Waals surface area contributed by atoms with Crippen molar-refractivity contribution in [3.8, 4) is 0 Å². The molecule has 0 radical (unpaired) electrons. The van der Waals surface area contributed by atoms with Crippen LogP contribution in [0.1, 0.15) is 0 Å². The van der Waals surface area contributed by atoms with Crippen molar-refractivity contribution in [1.82, 2.24) is 5.32 Å². The number of aliphatic hydroxyl groups is 4. The maximum Gasteiger partial charge on any atom is 0.329 e. The number of carbonyl (C=O) groups excluding carboxylic acids is 2. The predicted molar refractivity (Wildman–Crippen MR) is 76.4 cm³/mol. The smallest absolute Gasteiger partial charge is 0.329 e. The Hall–Kier alpha value is -1.71. The Balaban J connectivity index is 2.22. The van der Waals surface area contributed by atoms with Gasteiger partial charge in [0.1, 0.15) is 24.4 Å². The Morgan fingerprint density at radius 3 is 2.55 bits per heavy atom. The first-order valence-corrected chi connectivity index (χ1v) is 6.79. The van der Waals surface area contributed by atoms with Crippen molar-refractivity contribution in [2.24, 2.45) is 0 Å². The van der Waals surface area contributed by atoms with Gasteiger partial charge in [0.15, 0.2) is 0 Å². The SMILES string of the molecule is O=C1N[C@H]([C@@H](O)[C@H](O)[C@H](O)CO)C(=O)N1c1cccc(Cl)c1. The minimum Gasteiger partial charge on any atom is -0.394 e. The Morgan fingerprint density at radius 1 is 1.27 bits per heavy atom. The Morgan fingerprint density at radius 2 is 1.95 bits per heavy atom. The van der Waals surface area contributed by atoms with E-state index in [1.807, 2.05) is 0 Å². The maximum absolute atomic E-state index is 12.3. The van der Waals surface area contributed by atoms with Gasteiger partial charge in [-0.2, -0.15) is 0 Å². The van der Waals surface area contributed by atoms with Gasteiger partial charge in [-0.05, 0) is 18.2 Å². The second kappa shape index (κ2) is 6.59. The van der Waals surface area contributed by atoms with Crippen LogP contribution in [-0.2, 0) is 4.79 Å². The zero-order valence-electron chi connectivity index (χ0n) is 11.3. The van der Waals surface area contributed by atoms with Gasteiger partial charge >= 0.3 is 6.03 Å². The summed E-state index contributed by atoms with van der Waals surface area (Å²) in [5.41, 5.74) is 0.210. The molecule has 1 aromatic carbocycles. The van der Waals surface area contributed by atoms with Gasteiger partial charge < -0.3 is 25.7 Å². The van der Waals surface area contributed by atoms with Crippen LogP contribution in [0.2, 0.25) is 5.02 Å². The van der Waals surface area contributed by atoms with E-state index in [0.29, 0.717) is 5.02 Å². The Kier molecular flexibility index (Phi) is 4.99. The summed E-state index contributed by atoms with van der Waals surface area (Å²) < 4.78 is 0. The highest BCUT2D eigenvalue weighted by molar-refractivity contribution is 6.31. The maximum atomic E-state index is 12.3. The summed E-state index contributed by atoms with van der Waals surface area (Å²) in [6.07, 6.45) is -5.21. The Labute approximate surface area is 130 Å². The molecule has 1 aromatic rings. The third kappa shape index (κ3) is 3.06. The second-order valence-corrected chi connectivity index (χ2v) is 5.25. The van der Waals surface area contributed by atoms with Gasteiger partial charge in [0.2, 0.25) is 0 Å². The van der Waals surface area contributed by atoms with Crippen LogP contribution in [0.5, 0.6) is 0 Å². The number of carbonyl (C=O) groups is 2. The zero-order valence-corrected chi connectivity index (χ0v) is 12.0. The van der Waals surface area contributed by atoms with Crippen molar-refractivity contribution in [2.75, 3.05) is 11.5 Å². The molecular formula is C13H15ClN2O6. The first-order valence-electron chi connectivity index (χ1n) is 6.42. The normalized spacial score (nSPS) is 22.4. The standard InChI is InChI=1S/C13H15ClN2O6/c14-6-2-1-3-7(4-6)16-12(21)9(15-13(16)22)11(20)10(19)8(18)5-17/h1-4,8-11,17-20H,5H2,(H,15,22)/t8-,9-,10-,11-/m1/s1. The van der Waals surface area contributed by atoms with E-state index in [1.165, 1.54) is 12.1 Å². The van der Waals surface area contributed by atoms with E-state index in [2.05, 4.69) is 5.32 Å². The number of nitrogens with zero attached hydrogens (tertiary/aromatic N) is 1. The third-order valence-electron chi connectivity index (χ3n) is 3.31. The number of benzene rings is 1. The summed E-state index contributed by atoms with van der Waals surface area (Å²) in [6.45, 7) is -0.801. The van der Waals surface area contributed by atoms with Crippen LogP contribution in [-0.4, -0.2) is 63.3 Å². The molecule has 5 N–H and O–H groups in total. The zero-order chi connectivity index (χ0) is 16.4. The molecule has 1 heterocycles. The van der Waals surface area contributed by atoms with Crippen molar-refractivity contribution < 1.29 is 30.0 Å². The number of rotatable bonds is 5. The van der Waals surface area contributed by atoms with Crippen molar-refractivity contribution in [1.29, 1.82) is 0 Å². The van der Waals surface area contributed by atoms with E-state index in [4.69, 9.17) is 16.7 Å². The number of halogens is 1. The van der Waals surface area contributed by atoms with E-state index >= 15 is 0 Å². The fourth-order valence-electron chi connectivity index (χ4n) is 2.12. The van der Waals surface area contributed by atoms with Crippen LogP contribution in [0.4, 0.5) is 10.5 Å². The first-order chi connectivity index (χ1) is 10.4. The molecule has 0 spiro atoms. The summed E-state index contributed by atoms with van der Waals surface area (Å²) in [7, 11) is 0. The number of aliphatic hydroxyl groups excluding tert-OH is 4. The summed E-state index contributed by atoms with van der Waals surface area (Å²) in [5, 5.41) is 40.2. The molecule has 9 heteroatoms. The summed E-state index contributed by atoms with van der Waals surface area (Å²) in [4.78, 5) is 25.0. The number of imide groups is 1. The van der Waals surface area contributed by atoms with E-state index in [1.54, 1.807) is 12.1 Å². The lowest BCUT2D eigenvalue weighted by atomic mass is 10.0. The molecule has 1 fully saturated rings. The monoisotopic (exact) mass is 330 g/mol. The molecule has 0 aromatic heterocycles. The fraction of sp³-hybridized carbons (Fsp3) is 0.385. The average molecular weight is 331 g/mol. The summed E-state index contributed by atoms with van der Waals surface area (Å²) in [5.74, 6) is -0.802. The van der Waals surface area contributed by atoms with Gasteiger partial charge in [-0.1, -0.05) is 17.7 Å². The topological polar surface area (TPSA) is 130 Å². The van der Waals surface area contributed by atoms with Crippen LogP contribution in [0, 0.1) is 0 Å². The highest BCUT2D eigenvalue weighted by atomic mass is 35.5. The van der Waals surface area contributed by atoms with Crippen molar-refractivity contribution in [3.05, 3.63) is 29.3 Å². The molecule has 8 nitrogen and oxygen atoms in total. The van der Waals surface area contributed by atoms with Crippen LogP contribution < -0.4 is 10.2 Å². The molecule has 0 aliphatic carbocycles. The molecule has 22 heavy (non-hydrogen) atoms. The number of anilines is 1. The molecule has 1 aliphatic heterocycles. The van der Waals surface area contributed by atoms with Gasteiger partial charge in [0, 0.05) is 5.02 Å². The minimum absolute atomic E-state index is 0.210. The predicted octanol–water partition coefficient (Wildman–Crippen LogP) is -1.16. The number of amides is 3. The molecule has 1 aliphatic rings. The van der Waals surface area contributed by atoms with Crippen LogP contribution in [0.3, 0.4) is 0 Å². The summed E-state index contributed by atoms with van der Waals surface area (Å²) >= 11 is 5.81. The minimum atomic E-state index is -1.79. The molecule has 0 bridgehead atoms. The molecule has 3 amide bonds. The Bertz CT molecular complexity index is 583. The van der Waals surface area contributed by atoms with Gasteiger partial charge in [-0.25, -0.2) is 9.69 Å². The summed E-state index contributed by atoms with van der Waals surface area (Å²) in [6, 6.07) is 3.76. The van der Waals surface area contributed by atoms with E-state index in [9.17, 15) is 24.9 Å². The second-order valence-electron chi connectivity index (χ2n) is 4.81. The highest BCUT2D eigenvalue weighted by Gasteiger charge is 2.46. The first kappa shape index (κ1) is 16.7. The van der Waals surface area contributed by atoms with Gasteiger partial charge in [-0.15, -0.1) is 0 Å². The van der Waals surface area contributed by atoms with Crippen LogP contribution in [0.25, 0.3) is 0 Å². The van der Waals surface area contributed by atoms with E-state index < -0.39 is 42.9 Å². The number of nitrogens with one attached hydrogen (secondary N) is 1. The van der Waals surface area contributed by atoms with Crippen LogP contribution >= 0.6 is 11.6 Å². The highest BCUT2D eigenvalue weighted by Crippen LogP contribution is 2.24. The molecule has 120 valence electrons. The number of hydrogen-bond donors (Lipinski definition) is 5. The van der Waals surface area contributed by atoms with E-state index in [0.717, 1.165) is 4.90 Å². The molecular weight excluding hydrogens is 316 g/mol. The lowest BCUT2D eigenvalue weighted by Crippen LogP contribution is -2.52. The molecule has 4 atom stereocenters. The molecule has 2 rings (SSSR count). The number of urea groups is 1. The van der Waals surface area contributed by atoms with Crippen molar-refractivity contribution >= 4 is 29.2 Å². The molecule has 0 unspecified atom stereocenters. The van der Waals surface area contributed by atoms with Gasteiger partial charge in [-0.3, -0.25) is 4.79 Å². The molecule has 1 saturated heterocycles. The largest absolute Gasteiger partial charge is 0.394 e. The van der Waals surface area contributed by atoms with E-state index in [-0.39, 0.29) is 5.69 Å².